The molecule has 1 atom stereocenters. The second kappa shape index (κ2) is 10.5. The van der Waals surface area contributed by atoms with E-state index in [0.717, 1.165) is 4.68 Å². The van der Waals surface area contributed by atoms with Crippen LogP contribution >= 0.6 is 0 Å². The Bertz CT molecular complexity index is 1570. The molecule has 1 aliphatic heterocycles. The number of nitrogens with one attached hydrogen (secondary N) is 1. The molecular weight excluding hydrogens is 531 g/mol. The molecule has 0 amide bonds. The summed E-state index contributed by atoms with van der Waals surface area (Å²) in [6.07, 6.45) is -1.93. The molecule has 13 heteroatoms. The summed E-state index contributed by atoms with van der Waals surface area (Å²) in [5, 5.41) is 7.58. The fraction of sp³-hybridized carbons (Fsp3) is 0.346. The molecule has 9 nitrogen and oxygen atoms in total. The molecule has 2 aromatic heterocycles. The van der Waals surface area contributed by atoms with E-state index in [9.17, 15) is 21.6 Å². The summed E-state index contributed by atoms with van der Waals surface area (Å²) in [6, 6.07) is 13.4. The van der Waals surface area contributed by atoms with E-state index in [1.54, 1.807) is 48.5 Å². The van der Waals surface area contributed by atoms with Crippen molar-refractivity contribution in [1.82, 2.24) is 29.0 Å². The number of alkyl halides is 3. The van der Waals surface area contributed by atoms with E-state index in [1.165, 1.54) is 23.9 Å². The minimum Gasteiger partial charge on any atom is -0.366 e. The van der Waals surface area contributed by atoms with Gasteiger partial charge in [0.25, 0.3) is 0 Å². The van der Waals surface area contributed by atoms with Crippen LogP contribution in [0, 0.1) is 0 Å². The van der Waals surface area contributed by atoms with Crippen molar-refractivity contribution in [3.63, 3.8) is 0 Å². The summed E-state index contributed by atoms with van der Waals surface area (Å²) in [4.78, 5) is 11.1. The van der Waals surface area contributed by atoms with E-state index in [2.05, 4.69) is 25.3 Å². The molecular formula is C26H28F3N7O2S. The first-order valence-corrected chi connectivity index (χ1v) is 13.9. The number of rotatable bonds is 7. The lowest BCUT2D eigenvalue weighted by Crippen LogP contribution is -2.50. The maximum atomic E-state index is 13.6. The van der Waals surface area contributed by atoms with Gasteiger partial charge in [0.1, 0.15) is 12.1 Å². The number of para-hydroxylation sites is 1. The highest BCUT2D eigenvalue weighted by Crippen LogP contribution is 2.38. The van der Waals surface area contributed by atoms with Gasteiger partial charge >= 0.3 is 6.18 Å². The van der Waals surface area contributed by atoms with Gasteiger partial charge < -0.3 is 5.32 Å². The van der Waals surface area contributed by atoms with Crippen LogP contribution in [0.5, 0.6) is 0 Å². The molecule has 0 saturated carbocycles. The third kappa shape index (κ3) is 5.60. The second-order valence-electron chi connectivity index (χ2n) is 9.55. The van der Waals surface area contributed by atoms with Crippen molar-refractivity contribution in [2.75, 3.05) is 38.0 Å². The van der Waals surface area contributed by atoms with Gasteiger partial charge in [-0.1, -0.05) is 30.3 Å². The summed E-state index contributed by atoms with van der Waals surface area (Å²) < 4.78 is 69.4. The largest absolute Gasteiger partial charge is 0.435 e. The maximum Gasteiger partial charge on any atom is 0.435 e. The lowest BCUT2D eigenvalue weighted by Gasteiger charge is -2.35. The zero-order chi connectivity index (χ0) is 27.8. The Hall–Kier alpha value is -3.55. The molecule has 206 valence electrons. The quantitative estimate of drug-likeness (QED) is 0.367. The first-order valence-electron chi connectivity index (χ1n) is 12.4. The van der Waals surface area contributed by atoms with Crippen LogP contribution in [0.25, 0.3) is 22.0 Å². The number of aryl methyl sites for hydroxylation is 1. The third-order valence-corrected chi connectivity index (χ3v) is 8.59. The topological polar surface area (TPSA) is 96.3 Å². The zero-order valence-electron chi connectivity index (χ0n) is 21.4. The van der Waals surface area contributed by atoms with E-state index in [4.69, 9.17) is 0 Å². The van der Waals surface area contributed by atoms with Gasteiger partial charge in [-0.05, 0) is 25.1 Å². The number of hydrogen-bond donors (Lipinski definition) is 1. The minimum atomic E-state index is -4.61. The van der Waals surface area contributed by atoms with Crippen molar-refractivity contribution in [2.24, 2.45) is 7.05 Å². The monoisotopic (exact) mass is 559 g/mol. The SMILES string of the molecule is CC(CN1CCN(S(=O)(=O)c2ccccc2)CC1)Nc1ncnc2c(-c3cn(C)nc3C(F)(F)F)cccc12. The summed E-state index contributed by atoms with van der Waals surface area (Å²) in [6.45, 7) is 4.54. The zero-order valence-corrected chi connectivity index (χ0v) is 22.2. The average molecular weight is 560 g/mol. The molecule has 39 heavy (non-hydrogen) atoms. The Morgan fingerprint density at radius 2 is 1.69 bits per heavy atom. The highest BCUT2D eigenvalue weighted by molar-refractivity contribution is 7.89. The van der Waals surface area contributed by atoms with E-state index < -0.39 is 21.9 Å². The Labute approximate surface area is 224 Å². The van der Waals surface area contributed by atoms with Gasteiger partial charge in [0.05, 0.1) is 10.4 Å². The predicted molar refractivity (Wildman–Crippen MR) is 141 cm³/mol. The van der Waals surface area contributed by atoms with Gasteiger partial charge in [-0.25, -0.2) is 18.4 Å². The molecule has 0 bridgehead atoms. The van der Waals surface area contributed by atoms with Crippen LogP contribution in [0.15, 0.2) is 66.0 Å². The van der Waals surface area contributed by atoms with E-state index in [-0.39, 0.29) is 16.5 Å². The lowest BCUT2D eigenvalue weighted by molar-refractivity contribution is -0.140. The number of fused-ring (bicyclic) bond motifs is 1. The van der Waals surface area contributed by atoms with Crippen LogP contribution in [0.1, 0.15) is 12.6 Å². The molecule has 1 aliphatic rings. The average Bonchev–Trinajstić information content (AvgIpc) is 3.31. The highest BCUT2D eigenvalue weighted by atomic mass is 32.2. The molecule has 5 rings (SSSR count). The van der Waals surface area contributed by atoms with Gasteiger partial charge in [0.15, 0.2) is 5.69 Å². The van der Waals surface area contributed by atoms with Crippen LogP contribution < -0.4 is 5.32 Å². The number of aromatic nitrogens is 4. The fourth-order valence-corrected chi connectivity index (χ4v) is 6.32. The number of benzene rings is 2. The number of piperazine rings is 1. The molecule has 4 aromatic rings. The highest BCUT2D eigenvalue weighted by Gasteiger charge is 2.38. The first kappa shape index (κ1) is 27.0. The standard InChI is InChI=1S/C26H28F3N7O2S/c1-18(15-35-11-13-36(14-12-35)39(37,38)19-7-4-3-5-8-19)32-25-21-10-6-9-20(23(21)30-17-31-25)22-16-34(2)33-24(22)26(27,28)29/h3-10,16-18H,11-15H2,1-2H3,(H,30,31,32). The molecule has 1 fully saturated rings. The van der Waals surface area contributed by atoms with E-state index in [1.807, 2.05) is 6.92 Å². The lowest BCUT2D eigenvalue weighted by atomic mass is 10.0. The number of sulfonamides is 1. The van der Waals surface area contributed by atoms with E-state index in [0.29, 0.717) is 55.0 Å². The van der Waals surface area contributed by atoms with Crippen LogP contribution in [0.2, 0.25) is 0 Å². The fourth-order valence-electron chi connectivity index (χ4n) is 4.88. The minimum absolute atomic E-state index is 0.0448. The van der Waals surface area contributed by atoms with Gasteiger partial charge in [-0.15, -0.1) is 0 Å². The van der Waals surface area contributed by atoms with Crippen molar-refractivity contribution < 1.29 is 21.6 Å². The van der Waals surface area contributed by atoms with Crippen LogP contribution in [0.4, 0.5) is 19.0 Å². The first-order chi connectivity index (χ1) is 18.5. The third-order valence-electron chi connectivity index (χ3n) is 6.68. The van der Waals surface area contributed by atoms with E-state index >= 15 is 0 Å². The number of nitrogens with zero attached hydrogens (tertiary/aromatic N) is 6. The van der Waals surface area contributed by atoms with Crippen molar-refractivity contribution in [3.05, 3.63) is 66.7 Å². The van der Waals surface area contributed by atoms with Gasteiger partial charge in [-0.2, -0.15) is 22.6 Å². The number of halogens is 3. The summed E-state index contributed by atoms with van der Waals surface area (Å²) in [5.41, 5.74) is -0.300. The van der Waals surface area contributed by atoms with Crippen LogP contribution in [-0.4, -0.2) is 76.1 Å². The number of anilines is 1. The summed E-state index contributed by atoms with van der Waals surface area (Å²) in [5.74, 6) is 0.511. The smallest absolute Gasteiger partial charge is 0.366 e. The molecule has 0 radical (unpaired) electrons. The Morgan fingerprint density at radius 3 is 2.38 bits per heavy atom. The molecule has 0 aliphatic carbocycles. The van der Waals surface area contributed by atoms with Crippen LogP contribution in [-0.2, 0) is 23.2 Å². The van der Waals surface area contributed by atoms with Crippen LogP contribution in [0.3, 0.4) is 0 Å². The molecule has 2 aromatic carbocycles. The molecule has 0 spiro atoms. The van der Waals surface area contributed by atoms with Crippen molar-refractivity contribution in [3.8, 4) is 11.1 Å². The van der Waals surface area contributed by atoms with Gasteiger partial charge in [0, 0.05) is 68.5 Å². The normalized spacial score (nSPS) is 16.4. The molecule has 1 saturated heterocycles. The van der Waals surface area contributed by atoms with Crippen molar-refractivity contribution >= 4 is 26.7 Å². The Balaban J connectivity index is 1.29. The second-order valence-corrected chi connectivity index (χ2v) is 11.5. The molecule has 3 heterocycles. The van der Waals surface area contributed by atoms with Crippen molar-refractivity contribution in [2.45, 2.75) is 24.0 Å². The number of hydrogen-bond acceptors (Lipinski definition) is 7. The van der Waals surface area contributed by atoms with Gasteiger partial charge in [-0.3, -0.25) is 9.58 Å². The Kier molecular flexibility index (Phi) is 7.31. The van der Waals surface area contributed by atoms with Crippen molar-refractivity contribution in [1.29, 1.82) is 0 Å². The van der Waals surface area contributed by atoms with Gasteiger partial charge in [0.2, 0.25) is 10.0 Å². The summed E-state index contributed by atoms with van der Waals surface area (Å²) in [7, 11) is -2.08. The molecule has 1 unspecified atom stereocenters. The predicted octanol–water partition coefficient (Wildman–Crippen LogP) is 3.86. The summed E-state index contributed by atoms with van der Waals surface area (Å²) >= 11 is 0. The Morgan fingerprint density at radius 1 is 0.974 bits per heavy atom. The molecule has 1 N–H and O–H groups in total. The maximum absolute atomic E-state index is 13.6.